The van der Waals surface area contributed by atoms with Gasteiger partial charge in [0.2, 0.25) is 16.8 Å². The first-order valence-electron chi connectivity index (χ1n) is 9.70. The van der Waals surface area contributed by atoms with Crippen LogP contribution in [0, 0.1) is 0 Å². The number of hydrogen-bond donors (Lipinski definition) is 2. The highest BCUT2D eigenvalue weighted by molar-refractivity contribution is 7.90. The fourth-order valence-electron chi connectivity index (χ4n) is 3.63. The van der Waals surface area contributed by atoms with Crippen molar-refractivity contribution in [2.45, 2.75) is 63.2 Å². The summed E-state index contributed by atoms with van der Waals surface area (Å²) >= 11 is 0. The molecule has 0 unspecified atom stereocenters. The highest BCUT2D eigenvalue weighted by Crippen LogP contribution is 2.37. The number of fused-ring (bicyclic) bond motifs is 1. The lowest BCUT2D eigenvalue weighted by molar-refractivity contribution is 0.174. The molecule has 0 atom stereocenters. The summed E-state index contributed by atoms with van der Waals surface area (Å²) in [6.45, 7) is 5.43. The van der Waals surface area contributed by atoms with Gasteiger partial charge in [0.05, 0.1) is 10.4 Å². The van der Waals surface area contributed by atoms with Crippen LogP contribution in [0.2, 0.25) is 0 Å². The van der Waals surface area contributed by atoms with Crippen LogP contribution in [0.25, 0.3) is 11.3 Å². The standard InChI is InChI=1S/C20H27N3O4S/c1-20(2,3)28(24,25)23-15-7-4-13(5-8-15)19-21-11-16(22-19)14-6-9-17-18(10-14)27-12-26-17/h6,9-11,13,15,23H,4-5,7-8,12H2,1-3H3,(H,21,22)/t13-,15-. The molecule has 2 N–H and O–H groups in total. The van der Waals surface area contributed by atoms with E-state index in [1.165, 1.54) is 0 Å². The molecule has 1 aliphatic heterocycles. The third-order valence-corrected chi connectivity index (χ3v) is 7.76. The predicted octanol–water partition coefficient (Wildman–Crippen LogP) is 3.55. The Kier molecular flexibility index (Phi) is 4.87. The molecule has 0 amide bonds. The molecule has 1 aromatic heterocycles. The maximum absolute atomic E-state index is 12.4. The van der Waals surface area contributed by atoms with Crippen LogP contribution in [0.3, 0.4) is 0 Å². The first-order valence-corrected chi connectivity index (χ1v) is 11.2. The molecule has 1 aromatic carbocycles. The lowest BCUT2D eigenvalue weighted by atomic mass is 9.86. The highest BCUT2D eigenvalue weighted by Gasteiger charge is 2.33. The third kappa shape index (κ3) is 3.75. The zero-order valence-corrected chi connectivity index (χ0v) is 17.3. The number of nitrogens with one attached hydrogen (secondary N) is 2. The molecule has 2 aliphatic rings. The number of sulfonamides is 1. The summed E-state index contributed by atoms with van der Waals surface area (Å²) in [6, 6.07) is 5.83. The number of rotatable bonds is 4. The number of benzene rings is 1. The van der Waals surface area contributed by atoms with Crippen molar-refractivity contribution in [2.75, 3.05) is 6.79 Å². The zero-order valence-electron chi connectivity index (χ0n) is 16.5. The van der Waals surface area contributed by atoms with Crippen molar-refractivity contribution in [1.29, 1.82) is 0 Å². The van der Waals surface area contributed by atoms with Crippen molar-refractivity contribution < 1.29 is 17.9 Å². The van der Waals surface area contributed by atoms with E-state index in [-0.39, 0.29) is 12.8 Å². The molecule has 2 aromatic rings. The summed E-state index contributed by atoms with van der Waals surface area (Å²) in [5.41, 5.74) is 1.86. The molecule has 7 nitrogen and oxygen atoms in total. The van der Waals surface area contributed by atoms with Gasteiger partial charge in [-0.15, -0.1) is 0 Å². The topological polar surface area (TPSA) is 93.3 Å². The van der Waals surface area contributed by atoms with Gasteiger partial charge in [-0.2, -0.15) is 0 Å². The van der Waals surface area contributed by atoms with Gasteiger partial charge in [0.15, 0.2) is 11.5 Å². The van der Waals surface area contributed by atoms with Crippen LogP contribution in [0.5, 0.6) is 11.5 Å². The van der Waals surface area contributed by atoms with E-state index in [1.54, 1.807) is 20.8 Å². The van der Waals surface area contributed by atoms with Gasteiger partial charge >= 0.3 is 0 Å². The smallest absolute Gasteiger partial charge is 0.231 e. The minimum atomic E-state index is -3.31. The van der Waals surface area contributed by atoms with Crippen LogP contribution in [0.4, 0.5) is 0 Å². The molecule has 2 heterocycles. The second kappa shape index (κ2) is 7.08. The molecule has 1 aliphatic carbocycles. The molecule has 152 valence electrons. The van der Waals surface area contributed by atoms with E-state index in [1.807, 2.05) is 24.4 Å². The Morgan fingerprint density at radius 2 is 1.82 bits per heavy atom. The summed E-state index contributed by atoms with van der Waals surface area (Å²) in [5, 5.41) is 0. The van der Waals surface area contributed by atoms with Crippen LogP contribution in [0.15, 0.2) is 24.4 Å². The molecule has 4 rings (SSSR count). The predicted molar refractivity (Wildman–Crippen MR) is 107 cm³/mol. The fourth-order valence-corrected chi connectivity index (χ4v) is 4.66. The summed E-state index contributed by atoms with van der Waals surface area (Å²) < 4.78 is 37.6. The van der Waals surface area contributed by atoms with Crippen LogP contribution in [-0.4, -0.2) is 36.0 Å². The van der Waals surface area contributed by atoms with E-state index >= 15 is 0 Å². The first kappa shape index (κ1) is 19.3. The molecule has 28 heavy (non-hydrogen) atoms. The lowest BCUT2D eigenvalue weighted by Crippen LogP contribution is -2.45. The molecule has 0 saturated heterocycles. The van der Waals surface area contributed by atoms with Crippen molar-refractivity contribution in [3.8, 4) is 22.8 Å². The quantitative estimate of drug-likeness (QED) is 0.811. The minimum Gasteiger partial charge on any atom is -0.454 e. The van der Waals surface area contributed by atoms with Crippen LogP contribution >= 0.6 is 0 Å². The number of ether oxygens (including phenoxy) is 2. The van der Waals surface area contributed by atoms with E-state index in [2.05, 4.69) is 9.71 Å². The van der Waals surface area contributed by atoms with E-state index < -0.39 is 14.8 Å². The number of nitrogens with zero attached hydrogens (tertiary/aromatic N) is 1. The SMILES string of the molecule is CC(C)(C)S(=O)(=O)N[C@H]1CC[C@H](c2nc(-c3ccc4c(c3)OCO4)c[nH]2)CC1. The molecule has 1 saturated carbocycles. The number of imidazole rings is 1. The second-order valence-corrected chi connectivity index (χ2v) is 11.0. The van der Waals surface area contributed by atoms with Crippen molar-refractivity contribution >= 4 is 10.0 Å². The molecule has 8 heteroatoms. The number of hydrogen-bond acceptors (Lipinski definition) is 5. The monoisotopic (exact) mass is 405 g/mol. The van der Waals surface area contributed by atoms with E-state index in [4.69, 9.17) is 14.5 Å². The maximum atomic E-state index is 12.4. The Hall–Kier alpha value is -2.06. The Bertz CT molecular complexity index is 954. The van der Waals surface area contributed by atoms with Gasteiger partial charge in [-0.25, -0.2) is 18.1 Å². The number of aromatic nitrogens is 2. The van der Waals surface area contributed by atoms with Crippen molar-refractivity contribution in [1.82, 2.24) is 14.7 Å². The molecular formula is C20H27N3O4S. The van der Waals surface area contributed by atoms with Gasteiger partial charge in [-0.1, -0.05) is 0 Å². The Balaban J connectivity index is 1.40. The van der Waals surface area contributed by atoms with E-state index in [0.717, 1.165) is 54.3 Å². The summed E-state index contributed by atoms with van der Waals surface area (Å²) in [4.78, 5) is 8.09. The zero-order chi connectivity index (χ0) is 19.9. The molecule has 0 bridgehead atoms. The van der Waals surface area contributed by atoms with Gasteiger partial charge < -0.3 is 14.5 Å². The number of H-pyrrole nitrogens is 1. The third-order valence-electron chi connectivity index (χ3n) is 5.51. The van der Waals surface area contributed by atoms with Crippen molar-refractivity contribution in [3.05, 3.63) is 30.2 Å². The van der Waals surface area contributed by atoms with Gasteiger partial charge in [0, 0.05) is 23.7 Å². The minimum absolute atomic E-state index is 0.00349. The fraction of sp³-hybridized carbons (Fsp3) is 0.550. The average Bonchev–Trinajstić information content (AvgIpc) is 3.30. The Morgan fingerprint density at radius 1 is 1.11 bits per heavy atom. The van der Waals surface area contributed by atoms with Crippen molar-refractivity contribution in [2.24, 2.45) is 0 Å². The van der Waals surface area contributed by atoms with Gasteiger partial charge in [-0.3, -0.25) is 0 Å². The molecule has 1 fully saturated rings. The van der Waals surface area contributed by atoms with Crippen LogP contribution in [-0.2, 0) is 10.0 Å². The Morgan fingerprint density at radius 3 is 2.54 bits per heavy atom. The average molecular weight is 406 g/mol. The molecule has 0 radical (unpaired) electrons. The molecule has 0 spiro atoms. The summed E-state index contributed by atoms with van der Waals surface area (Å²) in [6.07, 6.45) is 5.37. The first-order chi connectivity index (χ1) is 13.2. The molecular weight excluding hydrogens is 378 g/mol. The van der Waals surface area contributed by atoms with E-state index in [9.17, 15) is 8.42 Å². The lowest BCUT2D eigenvalue weighted by Gasteiger charge is -2.30. The van der Waals surface area contributed by atoms with Crippen molar-refractivity contribution in [3.63, 3.8) is 0 Å². The van der Waals surface area contributed by atoms with Crippen LogP contribution < -0.4 is 14.2 Å². The highest BCUT2D eigenvalue weighted by atomic mass is 32.2. The normalized spacial score (nSPS) is 22.4. The summed E-state index contributed by atoms with van der Waals surface area (Å²) in [5.74, 6) is 2.78. The van der Waals surface area contributed by atoms with Gasteiger partial charge in [0.1, 0.15) is 5.82 Å². The number of aromatic amines is 1. The maximum Gasteiger partial charge on any atom is 0.231 e. The van der Waals surface area contributed by atoms with Gasteiger partial charge in [0.25, 0.3) is 0 Å². The second-order valence-electron chi connectivity index (χ2n) is 8.52. The van der Waals surface area contributed by atoms with E-state index in [0.29, 0.717) is 5.92 Å². The largest absolute Gasteiger partial charge is 0.454 e. The summed E-state index contributed by atoms with van der Waals surface area (Å²) in [7, 11) is -3.31. The van der Waals surface area contributed by atoms with Crippen LogP contribution in [0.1, 0.15) is 58.2 Å². The van der Waals surface area contributed by atoms with Gasteiger partial charge in [-0.05, 0) is 64.7 Å². The Labute approximate surface area is 165 Å².